The number of amides is 2. The van der Waals surface area contributed by atoms with E-state index in [2.05, 4.69) is 5.32 Å². The molecule has 0 fully saturated rings. The minimum atomic E-state index is -3.55. The maximum absolute atomic E-state index is 14.2. The van der Waals surface area contributed by atoms with Crippen molar-refractivity contribution in [1.82, 2.24) is 10.2 Å². The summed E-state index contributed by atoms with van der Waals surface area (Å²) in [4.78, 5) is 26.5. The smallest absolute Gasteiger partial charge is 0.242 e. The van der Waals surface area contributed by atoms with E-state index in [1.54, 1.807) is 37.3 Å². The van der Waals surface area contributed by atoms with Gasteiger partial charge in [-0.25, -0.2) is 12.8 Å². The third-order valence-corrected chi connectivity index (χ3v) is 6.43. The Labute approximate surface area is 189 Å². The molecule has 0 saturated heterocycles. The molecule has 174 valence electrons. The van der Waals surface area contributed by atoms with E-state index in [9.17, 15) is 22.4 Å². The molecule has 2 amide bonds. The van der Waals surface area contributed by atoms with E-state index in [1.165, 1.54) is 22.3 Å². The highest BCUT2D eigenvalue weighted by Gasteiger charge is 2.27. The fourth-order valence-corrected chi connectivity index (χ4v) is 4.45. The van der Waals surface area contributed by atoms with E-state index in [0.717, 1.165) is 11.8 Å². The molecule has 2 aromatic rings. The lowest BCUT2D eigenvalue weighted by atomic mass is 10.1. The summed E-state index contributed by atoms with van der Waals surface area (Å²) in [5, 5.41) is 2.51. The largest absolute Gasteiger partial charge is 0.357 e. The Morgan fingerprint density at radius 2 is 1.72 bits per heavy atom. The Morgan fingerprint density at radius 3 is 2.31 bits per heavy atom. The van der Waals surface area contributed by atoms with Crippen LogP contribution in [0.4, 0.5) is 10.1 Å². The Bertz CT molecular complexity index is 1060. The van der Waals surface area contributed by atoms with Gasteiger partial charge < -0.3 is 10.2 Å². The van der Waals surface area contributed by atoms with Crippen LogP contribution in [0.1, 0.15) is 30.9 Å². The molecule has 9 heteroatoms. The number of aryl methyl sites for hydroxylation is 1. The molecule has 1 atom stereocenters. The van der Waals surface area contributed by atoms with Crippen molar-refractivity contribution < 1.29 is 22.4 Å². The number of carbonyl (C=O) groups is 2. The standard InChI is InChI=1S/C23H30FN3O4S/c1-17-10-5-8-13-21(17)27(32(4,30)31)15-9-14-22(28)26(18(2)23(29)25-3)16-19-11-6-7-12-20(19)24/h5-8,10-13,18H,9,14-16H2,1-4H3,(H,25,29)/t18-/m1/s1. The summed E-state index contributed by atoms with van der Waals surface area (Å²) in [5.41, 5.74) is 1.66. The average Bonchev–Trinajstić information content (AvgIpc) is 2.75. The van der Waals surface area contributed by atoms with Gasteiger partial charge in [0.05, 0.1) is 11.9 Å². The summed E-state index contributed by atoms with van der Waals surface area (Å²) < 4.78 is 40.1. The van der Waals surface area contributed by atoms with Crippen LogP contribution in [0, 0.1) is 12.7 Å². The van der Waals surface area contributed by atoms with Crippen molar-refractivity contribution in [2.75, 3.05) is 24.2 Å². The zero-order chi connectivity index (χ0) is 23.9. The monoisotopic (exact) mass is 463 g/mol. The molecule has 1 N–H and O–H groups in total. The molecule has 0 aliphatic heterocycles. The molecule has 2 rings (SSSR count). The number of para-hydroxylation sites is 1. The van der Waals surface area contributed by atoms with Gasteiger partial charge in [-0.05, 0) is 38.0 Å². The first-order valence-electron chi connectivity index (χ1n) is 10.3. The fraction of sp³-hybridized carbons (Fsp3) is 0.391. The predicted molar refractivity (Wildman–Crippen MR) is 123 cm³/mol. The predicted octanol–water partition coefficient (Wildman–Crippen LogP) is 2.84. The molecule has 0 unspecified atom stereocenters. The molecule has 0 aliphatic rings. The highest BCUT2D eigenvalue weighted by Crippen LogP contribution is 2.23. The van der Waals surface area contributed by atoms with E-state index < -0.39 is 21.9 Å². The normalized spacial score (nSPS) is 12.2. The van der Waals surface area contributed by atoms with Crippen molar-refractivity contribution in [3.63, 3.8) is 0 Å². The Hall–Kier alpha value is -2.94. The Kier molecular flexibility index (Phi) is 8.77. The molecule has 0 aromatic heterocycles. The maximum atomic E-state index is 14.2. The molecule has 0 saturated carbocycles. The molecular formula is C23H30FN3O4S. The summed E-state index contributed by atoms with van der Waals surface area (Å²) >= 11 is 0. The van der Waals surface area contributed by atoms with Gasteiger partial charge >= 0.3 is 0 Å². The summed E-state index contributed by atoms with van der Waals surface area (Å²) in [6, 6.07) is 12.4. The number of carbonyl (C=O) groups excluding carboxylic acids is 2. The molecule has 7 nitrogen and oxygen atoms in total. The third kappa shape index (κ3) is 6.53. The minimum Gasteiger partial charge on any atom is -0.357 e. The quantitative estimate of drug-likeness (QED) is 0.587. The number of halogens is 1. The first-order valence-corrected chi connectivity index (χ1v) is 12.2. The van der Waals surface area contributed by atoms with Crippen LogP contribution in [0.15, 0.2) is 48.5 Å². The van der Waals surface area contributed by atoms with Crippen LogP contribution in [0.5, 0.6) is 0 Å². The summed E-state index contributed by atoms with van der Waals surface area (Å²) in [7, 11) is -2.08. The number of nitrogens with zero attached hydrogens (tertiary/aromatic N) is 2. The van der Waals surface area contributed by atoms with Crippen molar-refractivity contribution in [3.05, 3.63) is 65.5 Å². The lowest BCUT2D eigenvalue weighted by Gasteiger charge is -2.29. The first kappa shape index (κ1) is 25.3. The van der Waals surface area contributed by atoms with Crippen LogP contribution < -0.4 is 9.62 Å². The number of hydrogen-bond donors (Lipinski definition) is 1. The van der Waals surface area contributed by atoms with Gasteiger partial charge in [0, 0.05) is 32.1 Å². The highest BCUT2D eigenvalue weighted by molar-refractivity contribution is 7.92. The lowest BCUT2D eigenvalue weighted by Crippen LogP contribution is -2.47. The van der Waals surface area contributed by atoms with E-state index in [1.807, 2.05) is 19.1 Å². The highest BCUT2D eigenvalue weighted by atomic mass is 32.2. The molecule has 2 aromatic carbocycles. The van der Waals surface area contributed by atoms with Gasteiger partial charge in [0.15, 0.2) is 0 Å². The second kappa shape index (κ2) is 11.1. The zero-order valence-electron chi connectivity index (χ0n) is 18.8. The number of nitrogens with one attached hydrogen (secondary N) is 1. The topological polar surface area (TPSA) is 86.8 Å². The van der Waals surface area contributed by atoms with Gasteiger partial charge in [-0.1, -0.05) is 36.4 Å². The van der Waals surface area contributed by atoms with Gasteiger partial charge in [0.2, 0.25) is 21.8 Å². The SMILES string of the molecule is CNC(=O)[C@@H](C)N(Cc1ccccc1F)C(=O)CCCN(c1ccccc1C)S(C)(=O)=O. The van der Waals surface area contributed by atoms with Crippen LogP contribution in [0.3, 0.4) is 0 Å². The number of sulfonamides is 1. The van der Waals surface area contributed by atoms with E-state index in [-0.39, 0.29) is 37.7 Å². The van der Waals surface area contributed by atoms with Gasteiger partial charge in [-0.3, -0.25) is 13.9 Å². The molecular weight excluding hydrogens is 433 g/mol. The molecule has 0 heterocycles. The molecule has 0 bridgehead atoms. The lowest BCUT2D eigenvalue weighted by molar-refractivity contribution is -0.140. The van der Waals surface area contributed by atoms with Crippen molar-refractivity contribution >= 4 is 27.5 Å². The zero-order valence-corrected chi connectivity index (χ0v) is 19.7. The van der Waals surface area contributed by atoms with E-state index in [4.69, 9.17) is 0 Å². The van der Waals surface area contributed by atoms with Crippen LogP contribution in [-0.2, 0) is 26.2 Å². The fourth-order valence-electron chi connectivity index (χ4n) is 3.43. The number of likely N-dealkylation sites (N-methyl/N-ethyl adjacent to an activating group) is 1. The second-order valence-electron chi connectivity index (χ2n) is 7.63. The van der Waals surface area contributed by atoms with Gasteiger partial charge in [0.25, 0.3) is 0 Å². The molecule has 32 heavy (non-hydrogen) atoms. The minimum absolute atomic E-state index is 0.00763. The van der Waals surface area contributed by atoms with Crippen molar-refractivity contribution in [2.24, 2.45) is 0 Å². The molecule has 0 radical (unpaired) electrons. The number of benzene rings is 2. The van der Waals surface area contributed by atoms with Crippen molar-refractivity contribution in [1.29, 1.82) is 0 Å². The number of rotatable bonds is 10. The van der Waals surface area contributed by atoms with Crippen molar-refractivity contribution in [2.45, 2.75) is 39.3 Å². The molecule has 0 aliphatic carbocycles. The van der Waals surface area contributed by atoms with Gasteiger partial charge in [0.1, 0.15) is 11.9 Å². The number of anilines is 1. The van der Waals surface area contributed by atoms with Crippen LogP contribution in [-0.4, -0.2) is 51.0 Å². The number of hydrogen-bond acceptors (Lipinski definition) is 4. The Morgan fingerprint density at radius 1 is 1.09 bits per heavy atom. The third-order valence-electron chi connectivity index (χ3n) is 5.25. The average molecular weight is 464 g/mol. The van der Waals surface area contributed by atoms with Crippen LogP contribution >= 0.6 is 0 Å². The van der Waals surface area contributed by atoms with Gasteiger partial charge in [-0.15, -0.1) is 0 Å². The molecule has 0 spiro atoms. The van der Waals surface area contributed by atoms with Crippen molar-refractivity contribution in [3.8, 4) is 0 Å². The van der Waals surface area contributed by atoms with E-state index in [0.29, 0.717) is 11.3 Å². The first-order chi connectivity index (χ1) is 15.1. The van der Waals surface area contributed by atoms with Gasteiger partial charge in [-0.2, -0.15) is 0 Å². The summed E-state index contributed by atoms with van der Waals surface area (Å²) in [5.74, 6) is -1.19. The summed E-state index contributed by atoms with van der Waals surface area (Å²) in [6.45, 7) is 3.44. The van der Waals surface area contributed by atoms with E-state index >= 15 is 0 Å². The second-order valence-corrected chi connectivity index (χ2v) is 9.54. The van der Waals surface area contributed by atoms with Crippen LogP contribution in [0.25, 0.3) is 0 Å². The summed E-state index contributed by atoms with van der Waals surface area (Å²) in [6.07, 6.45) is 1.38. The Balaban J connectivity index is 2.17. The van der Waals surface area contributed by atoms with Crippen LogP contribution in [0.2, 0.25) is 0 Å². The maximum Gasteiger partial charge on any atom is 0.242 e.